The molecule has 1 nitrogen and oxygen atoms in total. The predicted octanol–water partition coefficient (Wildman–Crippen LogP) is 3.62. The Morgan fingerprint density at radius 3 is 2.44 bits per heavy atom. The van der Waals surface area contributed by atoms with Gasteiger partial charge in [-0.1, -0.05) is 31.2 Å². The molecule has 0 atom stereocenters. The second-order valence-electron chi connectivity index (χ2n) is 4.57. The number of hydrogen-bond donors (Lipinski definition) is 1. The van der Waals surface area contributed by atoms with E-state index in [1.54, 1.807) is 12.1 Å². The van der Waals surface area contributed by atoms with Gasteiger partial charge in [-0.25, -0.2) is 4.39 Å². The third-order valence-electron chi connectivity index (χ3n) is 2.76. The molecule has 1 N–H and O–H groups in total. The molecule has 0 spiro atoms. The summed E-state index contributed by atoms with van der Waals surface area (Å²) in [6.45, 7) is 7.35. The van der Waals surface area contributed by atoms with E-state index < -0.39 is 0 Å². The van der Waals surface area contributed by atoms with Crippen molar-refractivity contribution < 1.29 is 4.39 Å². The van der Waals surface area contributed by atoms with Crippen molar-refractivity contribution in [2.24, 2.45) is 0 Å². The van der Waals surface area contributed by atoms with Crippen LogP contribution in [0.4, 0.5) is 4.39 Å². The molecule has 0 unspecified atom stereocenters. The Bertz CT molecular complexity index is 338. The highest BCUT2D eigenvalue weighted by atomic mass is 19.1. The Hall–Kier alpha value is -1.15. The lowest BCUT2D eigenvalue weighted by Crippen LogP contribution is -2.38. The van der Waals surface area contributed by atoms with Crippen LogP contribution in [0.1, 0.15) is 32.8 Å². The Morgan fingerprint density at radius 1 is 1.25 bits per heavy atom. The number of halogens is 1. The molecule has 0 amide bonds. The molecule has 0 aliphatic carbocycles. The molecule has 1 aromatic carbocycles. The summed E-state index contributed by atoms with van der Waals surface area (Å²) in [7, 11) is 0. The number of rotatable bonds is 5. The van der Waals surface area contributed by atoms with E-state index in [4.69, 9.17) is 0 Å². The van der Waals surface area contributed by atoms with Gasteiger partial charge in [0.2, 0.25) is 0 Å². The zero-order valence-corrected chi connectivity index (χ0v) is 10.3. The summed E-state index contributed by atoms with van der Waals surface area (Å²) in [5, 5.41) is 3.43. The van der Waals surface area contributed by atoms with E-state index >= 15 is 0 Å². The highest BCUT2D eigenvalue weighted by molar-refractivity contribution is 5.48. The van der Waals surface area contributed by atoms with Gasteiger partial charge in [0.1, 0.15) is 5.82 Å². The molecule has 0 radical (unpaired) electrons. The number of nitrogens with one attached hydrogen (secondary N) is 1. The third kappa shape index (κ3) is 4.58. The topological polar surface area (TPSA) is 12.0 Å². The van der Waals surface area contributed by atoms with Crippen molar-refractivity contribution in [2.45, 2.75) is 32.7 Å². The van der Waals surface area contributed by atoms with E-state index in [1.807, 2.05) is 6.08 Å². The molecular formula is C14H20FN. The van der Waals surface area contributed by atoms with Gasteiger partial charge < -0.3 is 5.32 Å². The van der Waals surface area contributed by atoms with Crippen molar-refractivity contribution in [3.05, 3.63) is 41.7 Å². The maximum atomic E-state index is 12.6. The fraction of sp³-hybridized carbons (Fsp3) is 0.429. The minimum Gasteiger partial charge on any atom is -0.308 e. The van der Waals surface area contributed by atoms with Gasteiger partial charge in [-0.3, -0.25) is 0 Å². The lowest BCUT2D eigenvalue weighted by atomic mass is 10.0. The Kier molecular flexibility index (Phi) is 4.69. The summed E-state index contributed by atoms with van der Waals surface area (Å²) >= 11 is 0. The quantitative estimate of drug-likeness (QED) is 0.800. The van der Waals surface area contributed by atoms with E-state index in [0.29, 0.717) is 0 Å². The SMILES string of the molecule is CCC(C)(C)NC/C=C/c1ccc(F)cc1. The molecule has 16 heavy (non-hydrogen) atoms. The van der Waals surface area contributed by atoms with Gasteiger partial charge in [-0.2, -0.15) is 0 Å². The van der Waals surface area contributed by atoms with Gasteiger partial charge in [0.05, 0.1) is 0 Å². The maximum absolute atomic E-state index is 12.6. The van der Waals surface area contributed by atoms with Crippen LogP contribution in [-0.4, -0.2) is 12.1 Å². The van der Waals surface area contributed by atoms with Crippen LogP contribution in [0.3, 0.4) is 0 Å². The lowest BCUT2D eigenvalue weighted by molar-refractivity contribution is 0.395. The molecule has 2 heteroatoms. The number of benzene rings is 1. The van der Waals surface area contributed by atoms with E-state index in [-0.39, 0.29) is 11.4 Å². The molecule has 88 valence electrons. The highest BCUT2D eigenvalue weighted by Crippen LogP contribution is 2.07. The smallest absolute Gasteiger partial charge is 0.123 e. The first-order valence-electron chi connectivity index (χ1n) is 5.70. The molecule has 0 saturated carbocycles. The first-order chi connectivity index (χ1) is 7.53. The second kappa shape index (κ2) is 5.80. The average molecular weight is 221 g/mol. The molecule has 1 rings (SSSR count). The van der Waals surface area contributed by atoms with Crippen LogP contribution in [-0.2, 0) is 0 Å². The molecular weight excluding hydrogens is 201 g/mol. The van der Waals surface area contributed by atoms with Crippen molar-refractivity contribution >= 4 is 6.08 Å². The standard InChI is InChI=1S/C14H20FN/c1-4-14(2,3)16-11-5-6-12-7-9-13(15)10-8-12/h5-10,16H,4,11H2,1-3H3/b6-5+. The van der Waals surface area contributed by atoms with Gasteiger partial charge in [0.25, 0.3) is 0 Å². The molecule has 0 aromatic heterocycles. The summed E-state index contributed by atoms with van der Waals surface area (Å²) in [5.41, 5.74) is 1.20. The summed E-state index contributed by atoms with van der Waals surface area (Å²) in [5.74, 6) is -0.192. The Morgan fingerprint density at radius 2 is 1.88 bits per heavy atom. The minimum atomic E-state index is -0.192. The van der Waals surface area contributed by atoms with Crippen LogP contribution in [0, 0.1) is 5.82 Å². The van der Waals surface area contributed by atoms with E-state index in [0.717, 1.165) is 18.5 Å². The Balaban J connectivity index is 2.41. The first kappa shape index (κ1) is 12.9. The predicted molar refractivity (Wildman–Crippen MR) is 67.8 cm³/mol. The fourth-order valence-electron chi connectivity index (χ4n) is 1.23. The zero-order valence-electron chi connectivity index (χ0n) is 10.3. The minimum absolute atomic E-state index is 0.174. The van der Waals surface area contributed by atoms with Crippen molar-refractivity contribution in [1.29, 1.82) is 0 Å². The molecule has 0 heterocycles. The summed E-state index contributed by atoms with van der Waals surface area (Å²) < 4.78 is 12.6. The first-order valence-corrected chi connectivity index (χ1v) is 5.70. The molecule has 0 aliphatic rings. The summed E-state index contributed by atoms with van der Waals surface area (Å²) in [6, 6.07) is 6.50. The lowest BCUT2D eigenvalue weighted by Gasteiger charge is -2.23. The molecule has 0 saturated heterocycles. The van der Waals surface area contributed by atoms with Crippen molar-refractivity contribution in [2.75, 3.05) is 6.54 Å². The summed E-state index contributed by atoms with van der Waals surface area (Å²) in [6.07, 6.45) is 5.15. The van der Waals surface area contributed by atoms with Crippen LogP contribution in [0.2, 0.25) is 0 Å². The van der Waals surface area contributed by atoms with Gasteiger partial charge in [0, 0.05) is 12.1 Å². The van der Waals surface area contributed by atoms with Crippen LogP contribution >= 0.6 is 0 Å². The van der Waals surface area contributed by atoms with E-state index in [2.05, 4.69) is 32.2 Å². The van der Waals surface area contributed by atoms with E-state index in [9.17, 15) is 4.39 Å². The second-order valence-corrected chi connectivity index (χ2v) is 4.57. The molecule has 1 aromatic rings. The molecule has 0 bridgehead atoms. The average Bonchev–Trinajstić information content (AvgIpc) is 2.27. The van der Waals surface area contributed by atoms with Crippen molar-refractivity contribution in [3.63, 3.8) is 0 Å². The van der Waals surface area contributed by atoms with Gasteiger partial charge in [-0.05, 0) is 38.0 Å². The largest absolute Gasteiger partial charge is 0.308 e. The highest BCUT2D eigenvalue weighted by Gasteiger charge is 2.11. The number of hydrogen-bond acceptors (Lipinski definition) is 1. The van der Waals surface area contributed by atoms with Crippen molar-refractivity contribution in [3.8, 4) is 0 Å². The Labute approximate surface area is 97.4 Å². The fourth-order valence-corrected chi connectivity index (χ4v) is 1.23. The van der Waals surface area contributed by atoms with Crippen LogP contribution in [0.25, 0.3) is 6.08 Å². The molecule has 0 aliphatic heterocycles. The maximum Gasteiger partial charge on any atom is 0.123 e. The third-order valence-corrected chi connectivity index (χ3v) is 2.76. The van der Waals surface area contributed by atoms with Crippen molar-refractivity contribution in [1.82, 2.24) is 5.32 Å². The van der Waals surface area contributed by atoms with Gasteiger partial charge in [0.15, 0.2) is 0 Å². The van der Waals surface area contributed by atoms with Crippen LogP contribution in [0.15, 0.2) is 30.3 Å². The monoisotopic (exact) mass is 221 g/mol. The molecule has 0 fully saturated rings. The normalized spacial score (nSPS) is 12.2. The van der Waals surface area contributed by atoms with E-state index in [1.165, 1.54) is 12.1 Å². The van der Waals surface area contributed by atoms with Crippen LogP contribution < -0.4 is 5.32 Å². The van der Waals surface area contributed by atoms with Gasteiger partial charge >= 0.3 is 0 Å². The summed E-state index contributed by atoms with van der Waals surface area (Å²) in [4.78, 5) is 0. The zero-order chi connectivity index (χ0) is 12.0. The van der Waals surface area contributed by atoms with Crippen LogP contribution in [0.5, 0.6) is 0 Å². The van der Waals surface area contributed by atoms with Gasteiger partial charge in [-0.15, -0.1) is 0 Å².